The average molecular weight is 274 g/mol. The standard InChI is InChI=1S/C16H22N2O2/c1-12(2)10-16(19)17-7-9-18-8-6-13-11-14(20-3)4-5-15(13)18/h4-6,8,11-12H,7,9-10H2,1-3H3,(H,17,19). The molecule has 4 nitrogen and oxygen atoms in total. The number of methoxy groups -OCH3 is 1. The zero-order valence-corrected chi connectivity index (χ0v) is 12.3. The molecule has 0 saturated carbocycles. The molecule has 0 aliphatic heterocycles. The number of nitrogens with one attached hydrogen (secondary N) is 1. The Morgan fingerprint density at radius 2 is 2.15 bits per heavy atom. The van der Waals surface area contributed by atoms with E-state index in [1.165, 1.54) is 0 Å². The van der Waals surface area contributed by atoms with E-state index in [2.05, 4.69) is 16.0 Å². The number of carbonyl (C=O) groups excluding carboxylic acids is 1. The van der Waals surface area contributed by atoms with Crippen molar-refractivity contribution >= 4 is 16.8 Å². The molecule has 1 heterocycles. The highest BCUT2D eigenvalue weighted by molar-refractivity contribution is 5.81. The van der Waals surface area contributed by atoms with Gasteiger partial charge in [-0.15, -0.1) is 0 Å². The monoisotopic (exact) mass is 274 g/mol. The molecule has 2 aromatic rings. The fourth-order valence-corrected chi connectivity index (χ4v) is 2.26. The molecule has 1 amide bonds. The molecular weight excluding hydrogens is 252 g/mol. The van der Waals surface area contributed by atoms with Crippen molar-refractivity contribution in [2.24, 2.45) is 5.92 Å². The lowest BCUT2D eigenvalue weighted by Gasteiger charge is -2.09. The summed E-state index contributed by atoms with van der Waals surface area (Å²) in [6.07, 6.45) is 2.63. The van der Waals surface area contributed by atoms with Crippen LogP contribution in [0.5, 0.6) is 5.75 Å². The molecule has 0 aliphatic rings. The predicted molar refractivity (Wildman–Crippen MR) is 81.0 cm³/mol. The lowest BCUT2D eigenvalue weighted by atomic mass is 10.1. The van der Waals surface area contributed by atoms with Gasteiger partial charge in [-0.05, 0) is 30.2 Å². The van der Waals surface area contributed by atoms with Crippen molar-refractivity contribution in [2.75, 3.05) is 13.7 Å². The van der Waals surface area contributed by atoms with Crippen LogP contribution in [-0.4, -0.2) is 24.1 Å². The van der Waals surface area contributed by atoms with Crippen LogP contribution in [0.2, 0.25) is 0 Å². The number of fused-ring (bicyclic) bond motifs is 1. The number of rotatable bonds is 6. The number of carbonyl (C=O) groups is 1. The topological polar surface area (TPSA) is 43.3 Å². The molecule has 2 rings (SSSR count). The van der Waals surface area contributed by atoms with E-state index in [4.69, 9.17) is 4.74 Å². The van der Waals surface area contributed by atoms with Crippen LogP contribution in [0.1, 0.15) is 20.3 Å². The number of benzene rings is 1. The van der Waals surface area contributed by atoms with Crippen molar-refractivity contribution in [3.63, 3.8) is 0 Å². The van der Waals surface area contributed by atoms with E-state index < -0.39 is 0 Å². The van der Waals surface area contributed by atoms with E-state index in [9.17, 15) is 4.79 Å². The number of aromatic nitrogens is 1. The van der Waals surface area contributed by atoms with Crippen molar-refractivity contribution in [2.45, 2.75) is 26.8 Å². The SMILES string of the molecule is COc1ccc2c(ccn2CCNC(=O)CC(C)C)c1. The molecule has 108 valence electrons. The second kappa shape index (κ2) is 6.46. The smallest absolute Gasteiger partial charge is 0.220 e. The first-order chi connectivity index (χ1) is 9.60. The number of hydrogen-bond acceptors (Lipinski definition) is 2. The minimum absolute atomic E-state index is 0.123. The average Bonchev–Trinajstić information content (AvgIpc) is 2.80. The fourth-order valence-electron chi connectivity index (χ4n) is 2.26. The number of amides is 1. The second-order valence-corrected chi connectivity index (χ2v) is 5.38. The Morgan fingerprint density at radius 3 is 2.85 bits per heavy atom. The minimum atomic E-state index is 0.123. The molecule has 0 saturated heterocycles. The molecule has 0 atom stereocenters. The highest BCUT2D eigenvalue weighted by atomic mass is 16.5. The Morgan fingerprint density at radius 1 is 1.35 bits per heavy atom. The Hall–Kier alpha value is -1.97. The molecule has 0 aliphatic carbocycles. The number of nitrogens with zero attached hydrogens (tertiary/aromatic N) is 1. The number of hydrogen-bond donors (Lipinski definition) is 1. The maximum Gasteiger partial charge on any atom is 0.220 e. The summed E-state index contributed by atoms with van der Waals surface area (Å²) in [6.45, 7) is 5.53. The Kier molecular flexibility index (Phi) is 4.66. The summed E-state index contributed by atoms with van der Waals surface area (Å²) in [5.74, 6) is 1.38. The Bertz CT molecular complexity index is 587. The minimum Gasteiger partial charge on any atom is -0.497 e. The summed E-state index contributed by atoms with van der Waals surface area (Å²) in [5, 5.41) is 4.11. The van der Waals surface area contributed by atoms with Crippen LogP contribution in [0.4, 0.5) is 0 Å². The molecule has 0 spiro atoms. The quantitative estimate of drug-likeness (QED) is 0.880. The van der Waals surface area contributed by atoms with Crippen LogP contribution < -0.4 is 10.1 Å². The van der Waals surface area contributed by atoms with Gasteiger partial charge >= 0.3 is 0 Å². The molecular formula is C16H22N2O2. The van der Waals surface area contributed by atoms with Crippen molar-refractivity contribution in [1.29, 1.82) is 0 Å². The van der Waals surface area contributed by atoms with Crippen molar-refractivity contribution in [1.82, 2.24) is 9.88 Å². The Balaban J connectivity index is 1.95. The van der Waals surface area contributed by atoms with E-state index in [0.717, 1.165) is 23.2 Å². The Labute approximate surface area is 119 Å². The lowest BCUT2D eigenvalue weighted by Crippen LogP contribution is -2.27. The fraction of sp³-hybridized carbons (Fsp3) is 0.438. The first-order valence-electron chi connectivity index (χ1n) is 6.99. The maximum absolute atomic E-state index is 11.6. The van der Waals surface area contributed by atoms with Gasteiger partial charge in [0.15, 0.2) is 0 Å². The molecule has 20 heavy (non-hydrogen) atoms. The van der Waals surface area contributed by atoms with Crippen molar-refractivity contribution in [3.8, 4) is 5.75 Å². The van der Waals surface area contributed by atoms with Crippen LogP contribution in [0, 0.1) is 5.92 Å². The second-order valence-electron chi connectivity index (χ2n) is 5.38. The molecule has 0 radical (unpaired) electrons. The summed E-state index contributed by atoms with van der Waals surface area (Å²) >= 11 is 0. The van der Waals surface area contributed by atoms with Gasteiger partial charge in [0, 0.05) is 36.6 Å². The van der Waals surface area contributed by atoms with E-state index in [1.54, 1.807) is 7.11 Å². The van der Waals surface area contributed by atoms with Gasteiger partial charge in [-0.2, -0.15) is 0 Å². The van der Waals surface area contributed by atoms with Gasteiger partial charge in [0.25, 0.3) is 0 Å². The largest absolute Gasteiger partial charge is 0.497 e. The van der Waals surface area contributed by atoms with Gasteiger partial charge in [0.1, 0.15) is 5.75 Å². The molecule has 4 heteroatoms. The molecule has 1 N–H and O–H groups in total. The molecule has 0 fully saturated rings. The summed E-state index contributed by atoms with van der Waals surface area (Å²) in [7, 11) is 1.67. The third-order valence-corrected chi connectivity index (χ3v) is 3.25. The van der Waals surface area contributed by atoms with Crippen LogP contribution in [-0.2, 0) is 11.3 Å². The highest BCUT2D eigenvalue weighted by Crippen LogP contribution is 2.21. The lowest BCUT2D eigenvalue weighted by molar-refractivity contribution is -0.121. The summed E-state index contributed by atoms with van der Waals surface area (Å²) in [6, 6.07) is 8.08. The van der Waals surface area contributed by atoms with E-state index in [0.29, 0.717) is 18.9 Å². The summed E-state index contributed by atoms with van der Waals surface area (Å²) < 4.78 is 7.36. The van der Waals surface area contributed by atoms with Crippen molar-refractivity contribution in [3.05, 3.63) is 30.5 Å². The van der Waals surface area contributed by atoms with Crippen LogP contribution in [0.25, 0.3) is 10.9 Å². The number of ether oxygens (including phenoxy) is 1. The zero-order valence-electron chi connectivity index (χ0n) is 12.3. The molecule has 0 unspecified atom stereocenters. The van der Waals surface area contributed by atoms with Crippen LogP contribution >= 0.6 is 0 Å². The highest BCUT2D eigenvalue weighted by Gasteiger charge is 2.05. The third-order valence-electron chi connectivity index (χ3n) is 3.25. The van der Waals surface area contributed by atoms with E-state index in [1.807, 2.05) is 38.2 Å². The predicted octanol–water partition coefficient (Wildman–Crippen LogP) is 2.81. The third kappa shape index (κ3) is 3.53. The summed E-state index contributed by atoms with van der Waals surface area (Å²) in [4.78, 5) is 11.6. The van der Waals surface area contributed by atoms with E-state index in [-0.39, 0.29) is 5.91 Å². The van der Waals surface area contributed by atoms with Crippen LogP contribution in [0.3, 0.4) is 0 Å². The van der Waals surface area contributed by atoms with Gasteiger partial charge in [-0.1, -0.05) is 13.8 Å². The van der Waals surface area contributed by atoms with Gasteiger partial charge in [-0.3, -0.25) is 4.79 Å². The molecule has 0 bridgehead atoms. The van der Waals surface area contributed by atoms with Crippen LogP contribution in [0.15, 0.2) is 30.5 Å². The van der Waals surface area contributed by atoms with Gasteiger partial charge < -0.3 is 14.6 Å². The normalized spacial score (nSPS) is 11.0. The first-order valence-corrected chi connectivity index (χ1v) is 6.99. The van der Waals surface area contributed by atoms with Crippen molar-refractivity contribution < 1.29 is 9.53 Å². The first kappa shape index (κ1) is 14.4. The maximum atomic E-state index is 11.6. The van der Waals surface area contributed by atoms with E-state index >= 15 is 0 Å². The van der Waals surface area contributed by atoms with Gasteiger partial charge in [0.2, 0.25) is 5.91 Å². The summed E-state index contributed by atoms with van der Waals surface area (Å²) in [5.41, 5.74) is 1.16. The van der Waals surface area contributed by atoms with Gasteiger partial charge in [-0.25, -0.2) is 0 Å². The molecule has 1 aromatic carbocycles. The molecule has 1 aromatic heterocycles. The zero-order chi connectivity index (χ0) is 14.5. The van der Waals surface area contributed by atoms with Gasteiger partial charge in [0.05, 0.1) is 7.11 Å².